The molecule has 0 unspecified atom stereocenters. The van der Waals surface area contributed by atoms with Gasteiger partial charge in [0.1, 0.15) is 12.7 Å². The molecule has 9 heteroatoms. The maximum absolute atomic E-state index is 11.6. The molecule has 0 spiro atoms. The van der Waals surface area contributed by atoms with Crippen LogP contribution in [-0.2, 0) is 23.9 Å². The molecule has 0 heterocycles. The topological polar surface area (TPSA) is 134 Å². The van der Waals surface area contributed by atoms with Crippen LogP contribution < -0.4 is 16.8 Å². The van der Waals surface area contributed by atoms with Gasteiger partial charge in [0.05, 0.1) is 6.04 Å². The van der Waals surface area contributed by atoms with Crippen molar-refractivity contribution in [1.82, 2.24) is 5.32 Å². The normalized spacial score (nSPS) is 13.1. The number of nitrogens with one attached hydrogen (secondary N) is 1. The molecule has 0 aliphatic heterocycles. The second-order valence-electron chi connectivity index (χ2n) is 4.61. The monoisotopic (exact) mass is 335 g/mol. The Labute approximate surface area is 134 Å². The van der Waals surface area contributed by atoms with Crippen LogP contribution in [-0.4, -0.2) is 61.2 Å². The van der Waals surface area contributed by atoms with Gasteiger partial charge >= 0.3 is 11.9 Å². The SMILES string of the molecule is CC(=O)OC[C@H](CSC[C@H](N)C(=O)NCCCN)OC(C)=O. The highest BCUT2D eigenvalue weighted by Gasteiger charge is 2.17. The molecule has 0 aromatic rings. The minimum Gasteiger partial charge on any atom is -0.462 e. The summed E-state index contributed by atoms with van der Waals surface area (Å²) >= 11 is 1.35. The van der Waals surface area contributed by atoms with Gasteiger partial charge in [0, 0.05) is 31.9 Å². The Morgan fingerprint density at radius 2 is 1.86 bits per heavy atom. The molecule has 0 bridgehead atoms. The Morgan fingerprint density at radius 3 is 2.41 bits per heavy atom. The van der Waals surface area contributed by atoms with Crippen LogP contribution in [0.5, 0.6) is 0 Å². The van der Waals surface area contributed by atoms with Crippen molar-refractivity contribution in [2.75, 3.05) is 31.2 Å². The number of nitrogens with two attached hydrogens (primary N) is 2. The van der Waals surface area contributed by atoms with Gasteiger partial charge in [-0.25, -0.2) is 0 Å². The first-order chi connectivity index (χ1) is 10.4. The van der Waals surface area contributed by atoms with Crippen LogP contribution in [0.4, 0.5) is 0 Å². The number of rotatable bonds is 11. The Kier molecular flexibility index (Phi) is 11.5. The largest absolute Gasteiger partial charge is 0.462 e. The summed E-state index contributed by atoms with van der Waals surface area (Å²) in [5.74, 6) is -0.396. The highest BCUT2D eigenvalue weighted by molar-refractivity contribution is 7.99. The number of hydrogen-bond donors (Lipinski definition) is 3. The number of carbonyl (C=O) groups is 3. The molecule has 0 saturated carbocycles. The third kappa shape index (κ3) is 11.4. The standard InChI is InChI=1S/C13H25N3O5S/c1-9(17)20-6-11(21-10(2)18)7-22-8-12(15)13(19)16-5-3-4-14/h11-12H,3-8,14-15H2,1-2H3,(H,16,19)/t11-,12+/m1/s1. The predicted molar refractivity (Wildman–Crippen MR) is 84.2 cm³/mol. The smallest absolute Gasteiger partial charge is 0.303 e. The van der Waals surface area contributed by atoms with Crippen molar-refractivity contribution < 1.29 is 23.9 Å². The van der Waals surface area contributed by atoms with E-state index in [-0.39, 0.29) is 12.5 Å². The molecule has 0 aromatic carbocycles. The van der Waals surface area contributed by atoms with E-state index < -0.39 is 24.1 Å². The number of carbonyl (C=O) groups excluding carboxylic acids is 3. The zero-order chi connectivity index (χ0) is 17.0. The Hall–Kier alpha value is -1.32. The molecule has 0 aromatic heterocycles. The lowest BCUT2D eigenvalue weighted by Crippen LogP contribution is -2.43. The summed E-state index contributed by atoms with van der Waals surface area (Å²) in [5.41, 5.74) is 11.1. The van der Waals surface area contributed by atoms with E-state index in [1.54, 1.807) is 0 Å². The number of ether oxygens (including phenoxy) is 2. The van der Waals surface area contributed by atoms with E-state index in [2.05, 4.69) is 5.32 Å². The first-order valence-electron chi connectivity index (χ1n) is 6.98. The van der Waals surface area contributed by atoms with Crippen molar-refractivity contribution in [2.24, 2.45) is 11.5 Å². The maximum atomic E-state index is 11.6. The summed E-state index contributed by atoms with van der Waals surface area (Å²) in [4.78, 5) is 33.4. The van der Waals surface area contributed by atoms with Crippen LogP contribution in [0.2, 0.25) is 0 Å². The van der Waals surface area contributed by atoms with Crippen molar-refractivity contribution in [3.63, 3.8) is 0 Å². The molecule has 0 saturated heterocycles. The molecule has 0 fully saturated rings. The number of hydrogen-bond acceptors (Lipinski definition) is 8. The maximum Gasteiger partial charge on any atom is 0.303 e. The number of thioether (sulfide) groups is 1. The molecule has 5 N–H and O–H groups in total. The van der Waals surface area contributed by atoms with E-state index in [1.165, 1.54) is 25.6 Å². The van der Waals surface area contributed by atoms with E-state index >= 15 is 0 Å². The molecule has 0 aliphatic rings. The lowest BCUT2D eigenvalue weighted by atomic mass is 10.3. The summed E-state index contributed by atoms with van der Waals surface area (Å²) in [6.07, 6.45) is 0.140. The second kappa shape index (κ2) is 12.2. The summed E-state index contributed by atoms with van der Waals surface area (Å²) < 4.78 is 9.85. The molecule has 0 radical (unpaired) electrons. The molecule has 0 rings (SSSR count). The van der Waals surface area contributed by atoms with Crippen molar-refractivity contribution in [3.8, 4) is 0 Å². The average molecular weight is 335 g/mol. The van der Waals surface area contributed by atoms with Gasteiger partial charge in [-0.05, 0) is 13.0 Å². The van der Waals surface area contributed by atoms with Crippen LogP contribution >= 0.6 is 11.8 Å². The Balaban J connectivity index is 4.05. The quantitative estimate of drug-likeness (QED) is 0.323. The summed E-state index contributed by atoms with van der Waals surface area (Å²) in [6.45, 7) is 3.54. The minimum atomic E-state index is -0.658. The summed E-state index contributed by atoms with van der Waals surface area (Å²) in [6, 6.07) is -0.658. The van der Waals surface area contributed by atoms with Gasteiger partial charge in [-0.1, -0.05) is 0 Å². The van der Waals surface area contributed by atoms with Crippen LogP contribution in [0.15, 0.2) is 0 Å². The third-order valence-corrected chi connectivity index (χ3v) is 3.63. The number of esters is 2. The first kappa shape index (κ1) is 20.7. The highest BCUT2D eigenvalue weighted by Crippen LogP contribution is 2.08. The molecular weight excluding hydrogens is 310 g/mol. The van der Waals surface area contributed by atoms with Gasteiger partial charge in [0.2, 0.25) is 5.91 Å². The molecule has 1 amide bonds. The highest BCUT2D eigenvalue weighted by atomic mass is 32.2. The van der Waals surface area contributed by atoms with Crippen molar-refractivity contribution >= 4 is 29.6 Å². The van der Waals surface area contributed by atoms with Gasteiger partial charge < -0.3 is 26.3 Å². The van der Waals surface area contributed by atoms with Crippen LogP contribution in [0.25, 0.3) is 0 Å². The lowest BCUT2D eigenvalue weighted by Gasteiger charge is -2.17. The summed E-state index contributed by atoms with van der Waals surface area (Å²) in [7, 11) is 0. The average Bonchev–Trinajstić information content (AvgIpc) is 2.43. The zero-order valence-corrected chi connectivity index (χ0v) is 13.8. The van der Waals surface area contributed by atoms with Crippen molar-refractivity contribution in [3.05, 3.63) is 0 Å². The first-order valence-corrected chi connectivity index (χ1v) is 8.14. The minimum absolute atomic E-state index is 0.0140. The third-order valence-electron chi connectivity index (χ3n) is 2.42. The van der Waals surface area contributed by atoms with Crippen LogP contribution in [0.1, 0.15) is 20.3 Å². The van der Waals surface area contributed by atoms with Gasteiger partial charge in [0.25, 0.3) is 0 Å². The number of amides is 1. The van der Waals surface area contributed by atoms with E-state index in [0.29, 0.717) is 31.0 Å². The fourth-order valence-electron chi connectivity index (χ4n) is 1.41. The van der Waals surface area contributed by atoms with E-state index in [1.807, 2.05) is 0 Å². The molecular formula is C13H25N3O5S. The molecule has 2 atom stereocenters. The fraction of sp³-hybridized carbons (Fsp3) is 0.769. The molecule has 0 aliphatic carbocycles. The second-order valence-corrected chi connectivity index (χ2v) is 5.69. The van der Waals surface area contributed by atoms with Crippen LogP contribution in [0, 0.1) is 0 Å². The molecule has 128 valence electrons. The van der Waals surface area contributed by atoms with E-state index in [9.17, 15) is 14.4 Å². The Bertz CT molecular complexity index is 368. The molecule has 8 nitrogen and oxygen atoms in total. The Morgan fingerprint density at radius 1 is 1.18 bits per heavy atom. The van der Waals surface area contributed by atoms with Crippen molar-refractivity contribution in [2.45, 2.75) is 32.4 Å². The van der Waals surface area contributed by atoms with Crippen molar-refractivity contribution in [1.29, 1.82) is 0 Å². The van der Waals surface area contributed by atoms with Crippen LogP contribution in [0.3, 0.4) is 0 Å². The summed E-state index contributed by atoms with van der Waals surface area (Å²) in [5, 5.41) is 2.68. The van der Waals surface area contributed by atoms with Gasteiger partial charge in [-0.15, -0.1) is 0 Å². The van der Waals surface area contributed by atoms with E-state index in [4.69, 9.17) is 20.9 Å². The zero-order valence-electron chi connectivity index (χ0n) is 13.0. The molecule has 22 heavy (non-hydrogen) atoms. The lowest BCUT2D eigenvalue weighted by molar-refractivity contribution is -0.154. The fourth-order valence-corrected chi connectivity index (χ4v) is 2.38. The van der Waals surface area contributed by atoms with E-state index in [0.717, 1.165) is 0 Å². The van der Waals surface area contributed by atoms with Gasteiger partial charge in [0.15, 0.2) is 0 Å². The predicted octanol–water partition coefficient (Wildman–Crippen LogP) is -0.993. The van der Waals surface area contributed by atoms with Gasteiger partial charge in [-0.2, -0.15) is 11.8 Å². The van der Waals surface area contributed by atoms with Gasteiger partial charge in [-0.3, -0.25) is 14.4 Å².